The van der Waals surface area contributed by atoms with Gasteiger partial charge in [-0.05, 0) is 84.3 Å². The predicted octanol–water partition coefficient (Wildman–Crippen LogP) is 4.22. The molecule has 1 aliphatic heterocycles. The van der Waals surface area contributed by atoms with Crippen LogP contribution in [-0.2, 0) is 24.2 Å². The van der Waals surface area contributed by atoms with E-state index in [0.717, 1.165) is 60.1 Å². The van der Waals surface area contributed by atoms with Gasteiger partial charge in [0.05, 0.1) is 32.9 Å². The van der Waals surface area contributed by atoms with Crippen molar-refractivity contribution in [2.45, 2.75) is 64.8 Å². The van der Waals surface area contributed by atoms with Crippen molar-refractivity contribution < 1.29 is 14.2 Å². The highest BCUT2D eigenvalue weighted by molar-refractivity contribution is 5.79. The molecule has 0 bridgehead atoms. The number of hydrogen-bond donors (Lipinski definition) is 1. The molecular weight excluding hydrogens is 508 g/mol. The maximum atomic E-state index is 13.2. The standard InChI is InChI=1S/C30H38N6O4/c1-5-26(29-32-33-34-36(29)19-24-7-6-14-40-24)35(13-12-21-9-11-27(38-3)28(16-21)39-4)18-23-17-22-15-20(2)8-10-25(22)31-30(23)37/h8-11,15-17,24,26H,5-7,12-14,18-19H2,1-4H3,(H,31,37)/t24-,26+/m1/s1. The first-order valence-electron chi connectivity index (χ1n) is 13.9. The van der Waals surface area contributed by atoms with E-state index in [4.69, 9.17) is 14.2 Å². The van der Waals surface area contributed by atoms with Crippen LogP contribution in [0.1, 0.15) is 54.7 Å². The number of aromatic nitrogens is 5. The normalized spacial score (nSPS) is 16.1. The van der Waals surface area contributed by atoms with Crippen molar-refractivity contribution in [2.24, 2.45) is 0 Å². The maximum absolute atomic E-state index is 13.2. The second kappa shape index (κ2) is 12.6. The van der Waals surface area contributed by atoms with Gasteiger partial charge in [0.25, 0.3) is 5.56 Å². The Bertz CT molecular complexity index is 1490. The summed E-state index contributed by atoms with van der Waals surface area (Å²) < 4.78 is 18.7. The first kappa shape index (κ1) is 27.8. The zero-order valence-electron chi connectivity index (χ0n) is 23.7. The van der Waals surface area contributed by atoms with Crippen LogP contribution in [0.3, 0.4) is 0 Å². The fourth-order valence-corrected chi connectivity index (χ4v) is 5.53. The molecule has 10 heteroatoms. The molecule has 40 heavy (non-hydrogen) atoms. The minimum atomic E-state index is -0.0934. The van der Waals surface area contributed by atoms with Crippen molar-refractivity contribution in [3.63, 3.8) is 0 Å². The zero-order chi connectivity index (χ0) is 28.1. The lowest BCUT2D eigenvalue weighted by Gasteiger charge is -2.30. The van der Waals surface area contributed by atoms with Gasteiger partial charge >= 0.3 is 0 Å². The first-order chi connectivity index (χ1) is 19.5. The molecule has 4 aromatic rings. The van der Waals surface area contributed by atoms with Crippen molar-refractivity contribution in [2.75, 3.05) is 27.4 Å². The van der Waals surface area contributed by atoms with Crippen LogP contribution in [0.4, 0.5) is 0 Å². The number of ether oxygens (including phenoxy) is 3. The molecule has 10 nitrogen and oxygen atoms in total. The number of H-pyrrole nitrogens is 1. The van der Waals surface area contributed by atoms with Crippen LogP contribution < -0.4 is 15.0 Å². The quantitative estimate of drug-likeness (QED) is 0.282. The molecule has 0 aliphatic carbocycles. The number of nitrogens with one attached hydrogen (secondary N) is 1. The number of hydrogen-bond acceptors (Lipinski definition) is 8. The van der Waals surface area contributed by atoms with Gasteiger partial charge in [0.15, 0.2) is 17.3 Å². The number of fused-ring (bicyclic) bond motifs is 1. The number of methoxy groups -OCH3 is 2. The molecule has 0 unspecified atom stereocenters. The monoisotopic (exact) mass is 546 g/mol. The molecule has 2 atom stereocenters. The Morgan fingerprint density at radius 2 is 2.00 bits per heavy atom. The van der Waals surface area contributed by atoms with Gasteiger partial charge < -0.3 is 19.2 Å². The highest BCUT2D eigenvalue weighted by atomic mass is 16.5. The van der Waals surface area contributed by atoms with E-state index in [1.54, 1.807) is 14.2 Å². The molecule has 2 aromatic carbocycles. The molecule has 0 saturated carbocycles. The van der Waals surface area contributed by atoms with Crippen LogP contribution in [0.25, 0.3) is 10.9 Å². The summed E-state index contributed by atoms with van der Waals surface area (Å²) in [7, 11) is 3.27. The van der Waals surface area contributed by atoms with Gasteiger partial charge in [-0.2, -0.15) is 0 Å². The Kier molecular flexibility index (Phi) is 8.76. The number of aryl methyl sites for hydroxylation is 1. The first-order valence-corrected chi connectivity index (χ1v) is 13.9. The van der Waals surface area contributed by atoms with Crippen LogP contribution in [-0.4, -0.2) is 63.6 Å². The number of tetrazole rings is 1. The van der Waals surface area contributed by atoms with Gasteiger partial charge in [0.1, 0.15) is 0 Å². The minimum Gasteiger partial charge on any atom is -0.493 e. The van der Waals surface area contributed by atoms with Crippen molar-refractivity contribution in [3.05, 3.63) is 75.3 Å². The van der Waals surface area contributed by atoms with Gasteiger partial charge in [0, 0.05) is 30.8 Å². The van der Waals surface area contributed by atoms with Crippen LogP contribution in [0, 0.1) is 6.92 Å². The Morgan fingerprint density at radius 3 is 2.75 bits per heavy atom. The van der Waals surface area contributed by atoms with E-state index in [1.165, 1.54) is 0 Å². The number of rotatable bonds is 12. The average Bonchev–Trinajstić information content (AvgIpc) is 3.65. The van der Waals surface area contributed by atoms with Crippen molar-refractivity contribution in [1.29, 1.82) is 0 Å². The summed E-state index contributed by atoms with van der Waals surface area (Å²) in [4.78, 5) is 18.6. The number of aromatic amines is 1. The van der Waals surface area contributed by atoms with E-state index in [0.29, 0.717) is 36.7 Å². The summed E-state index contributed by atoms with van der Waals surface area (Å²) in [6, 6.07) is 14.0. The van der Waals surface area contributed by atoms with Crippen LogP contribution >= 0.6 is 0 Å². The molecule has 212 valence electrons. The zero-order valence-corrected chi connectivity index (χ0v) is 23.7. The number of pyridine rings is 1. The third-order valence-electron chi connectivity index (χ3n) is 7.67. The fourth-order valence-electron chi connectivity index (χ4n) is 5.53. The molecule has 5 rings (SSSR count). The molecule has 1 saturated heterocycles. The van der Waals surface area contributed by atoms with Gasteiger partial charge in [-0.1, -0.05) is 24.6 Å². The third-order valence-corrected chi connectivity index (χ3v) is 7.67. The van der Waals surface area contributed by atoms with E-state index in [1.807, 2.05) is 41.1 Å². The van der Waals surface area contributed by atoms with Crippen molar-refractivity contribution in [3.8, 4) is 11.5 Å². The molecule has 1 N–H and O–H groups in total. The van der Waals surface area contributed by atoms with Crippen molar-refractivity contribution in [1.82, 2.24) is 30.1 Å². The lowest BCUT2D eigenvalue weighted by molar-refractivity contribution is 0.0893. The Balaban J connectivity index is 1.47. The summed E-state index contributed by atoms with van der Waals surface area (Å²) >= 11 is 0. The molecule has 2 aromatic heterocycles. The fraction of sp³-hybridized carbons (Fsp3) is 0.467. The number of benzene rings is 2. The van der Waals surface area contributed by atoms with Gasteiger partial charge in [-0.15, -0.1) is 5.10 Å². The maximum Gasteiger partial charge on any atom is 0.252 e. The SMILES string of the molecule is CC[C@@H](c1nnnn1C[C@H]1CCCO1)N(CCc1ccc(OC)c(OC)c1)Cc1cc2cc(C)ccc2[nH]c1=O. The van der Waals surface area contributed by atoms with Gasteiger partial charge in [-0.25, -0.2) is 4.68 Å². The topological polar surface area (TPSA) is 107 Å². The highest BCUT2D eigenvalue weighted by Crippen LogP contribution is 2.29. The molecule has 1 fully saturated rings. The van der Waals surface area contributed by atoms with E-state index in [9.17, 15) is 4.79 Å². The molecule has 3 heterocycles. The lowest BCUT2D eigenvalue weighted by atomic mass is 10.1. The van der Waals surface area contributed by atoms with Crippen LogP contribution in [0.5, 0.6) is 11.5 Å². The Morgan fingerprint density at radius 1 is 1.15 bits per heavy atom. The number of nitrogens with zero attached hydrogens (tertiary/aromatic N) is 5. The van der Waals surface area contributed by atoms with E-state index in [2.05, 4.69) is 45.3 Å². The van der Waals surface area contributed by atoms with Crippen molar-refractivity contribution >= 4 is 10.9 Å². The molecule has 1 aliphatic rings. The minimum absolute atomic E-state index is 0.0822. The largest absolute Gasteiger partial charge is 0.493 e. The summed E-state index contributed by atoms with van der Waals surface area (Å²) in [5.41, 5.74) is 3.72. The molecule has 0 radical (unpaired) electrons. The summed E-state index contributed by atoms with van der Waals surface area (Å²) in [6.07, 6.45) is 3.70. The third kappa shape index (κ3) is 6.18. The Hall–Kier alpha value is -3.76. The average molecular weight is 547 g/mol. The molecule has 0 spiro atoms. The summed E-state index contributed by atoms with van der Waals surface area (Å²) in [6.45, 7) is 6.73. The summed E-state index contributed by atoms with van der Waals surface area (Å²) in [5.74, 6) is 2.18. The van der Waals surface area contributed by atoms with Crippen LogP contribution in [0.15, 0.2) is 47.3 Å². The summed E-state index contributed by atoms with van der Waals surface area (Å²) in [5, 5.41) is 13.8. The Labute approximate surface area is 234 Å². The molecule has 0 amide bonds. The second-order valence-electron chi connectivity index (χ2n) is 10.4. The van der Waals surface area contributed by atoms with Crippen LogP contribution in [0.2, 0.25) is 0 Å². The smallest absolute Gasteiger partial charge is 0.252 e. The predicted molar refractivity (Wildman–Crippen MR) is 153 cm³/mol. The van der Waals surface area contributed by atoms with E-state index < -0.39 is 0 Å². The second-order valence-corrected chi connectivity index (χ2v) is 10.4. The van der Waals surface area contributed by atoms with E-state index in [-0.39, 0.29) is 17.7 Å². The highest BCUT2D eigenvalue weighted by Gasteiger charge is 2.27. The lowest BCUT2D eigenvalue weighted by Crippen LogP contribution is -2.34. The van der Waals surface area contributed by atoms with Gasteiger partial charge in [-0.3, -0.25) is 9.69 Å². The van der Waals surface area contributed by atoms with Gasteiger partial charge in [0.2, 0.25) is 0 Å². The molecular formula is C30H38N6O4. The van der Waals surface area contributed by atoms with E-state index >= 15 is 0 Å².